The van der Waals surface area contributed by atoms with Gasteiger partial charge in [-0.15, -0.1) is 10.2 Å². The summed E-state index contributed by atoms with van der Waals surface area (Å²) in [6.07, 6.45) is 2.13. The molecule has 1 aromatic carbocycles. The number of nitrogens with one attached hydrogen (secondary N) is 1. The molecule has 0 saturated carbocycles. The van der Waals surface area contributed by atoms with Gasteiger partial charge in [0.2, 0.25) is 5.91 Å². The van der Waals surface area contributed by atoms with Gasteiger partial charge in [-0.2, -0.15) is 8.78 Å². The molecule has 0 aliphatic carbocycles. The van der Waals surface area contributed by atoms with Crippen molar-refractivity contribution in [3.63, 3.8) is 0 Å². The van der Waals surface area contributed by atoms with Crippen molar-refractivity contribution in [2.75, 3.05) is 18.0 Å². The van der Waals surface area contributed by atoms with Crippen LogP contribution < -0.4 is 15.0 Å². The molecule has 1 amide bonds. The number of amides is 1. The highest BCUT2D eigenvalue weighted by atomic mass is 35.5. The lowest BCUT2D eigenvalue weighted by Crippen LogP contribution is -2.44. The number of ether oxygens (including phenoxy) is 1. The van der Waals surface area contributed by atoms with Gasteiger partial charge in [-0.1, -0.05) is 36.7 Å². The van der Waals surface area contributed by atoms with Gasteiger partial charge in [-0.25, -0.2) is 0 Å². The van der Waals surface area contributed by atoms with Crippen molar-refractivity contribution in [3.05, 3.63) is 47.1 Å². The van der Waals surface area contributed by atoms with Gasteiger partial charge in [0.05, 0.1) is 12.0 Å². The molecule has 1 aromatic heterocycles. The van der Waals surface area contributed by atoms with E-state index >= 15 is 0 Å². The summed E-state index contributed by atoms with van der Waals surface area (Å²) in [4.78, 5) is 14.9. The number of nitrogens with zero attached hydrogens (tertiary/aromatic N) is 3. The second kappa shape index (κ2) is 9.82. The molecule has 3 rings (SSSR count). The first-order valence-corrected chi connectivity index (χ1v) is 9.94. The zero-order valence-corrected chi connectivity index (χ0v) is 16.8. The standard InChI is InChI=1S/C20H23ClF2N4O2/c1-2-15(14-7-3-4-8-16(14)29-20(22)23)24-19(28)13-6-5-11-27(12-13)18-10-9-17(21)25-26-18/h3-4,7-10,13,15,20H,2,5-6,11-12H2,1H3,(H,24,28)/t13-,15+/m1/s1. The molecule has 2 heterocycles. The molecule has 9 heteroatoms. The first-order valence-electron chi connectivity index (χ1n) is 9.56. The minimum Gasteiger partial charge on any atom is -0.434 e. The second-order valence-corrected chi connectivity index (χ2v) is 7.27. The largest absolute Gasteiger partial charge is 0.434 e. The van der Waals surface area contributed by atoms with Gasteiger partial charge in [-0.05, 0) is 37.5 Å². The van der Waals surface area contributed by atoms with E-state index in [9.17, 15) is 13.6 Å². The number of para-hydroxylation sites is 1. The number of carbonyl (C=O) groups excluding carboxylic acids is 1. The van der Waals surface area contributed by atoms with E-state index in [2.05, 4.69) is 20.3 Å². The molecule has 156 valence electrons. The van der Waals surface area contributed by atoms with Crippen LogP contribution in [0.1, 0.15) is 37.8 Å². The number of aromatic nitrogens is 2. The van der Waals surface area contributed by atoms with Crippen LogP contribution >= 0.6 is 11.6 Å². The van der Waals surface area contributed by atoms with E-state index < -0.39 is 12.7 Å². The van der Waals surface area contributed by atoms with Crippen molar-refractivity contribution in [2.24, 2.45) is 5.92 Å². The minimum absolute atomic E-state index is 0.0800. The van der Waals surface area contributed by atoms with Gasteiger partial charge in [0.15, 0.2) is 11.0 Å². The average molecular weight is 425 g/mol. The molecule has 1 saturated heterocycles. The van der Waals surface area contributed by atoms with Gasteiger partial charge in [-0.3, -0.25) is 4.79 Å². The third-order valence-corrected chi connectivity index (χ3v) is 5.17. The fraction of sp³-hybridized carbons (Fsp3) is 0.450. The van der Waals surface area contributed by atoms with Gasteiger partial charge < -0.3 is 15.0 Å². The summed E-state index contributed by atoms with van der Waals surface area (Å²) < 4.78 is 30.1. The predicted octanol–water partition coefficient (Wildman–Crippen LogP) is 4.22. The van der Waals surface area contributed by atoms with Crippen LogP contribution in [-0.2, 0) is 4.79 Å². The monoisotopic (exact) mass is 424 g/mol. The van der Waals surface area contributed by atoms with E-state index in [4.69, 9.17) is 11.6 Å². The number of hydrogen-bond acceptors (Lipinski definition) is 5. The van der Waals surface area contributed by atoms with Crippen molar-refractivity contribution in [1.29, 1.82) is 0 Å². The Bertz CT molecular complexity index is 822. The number of benzene rings is 1. The van der Waals surface area contributed by atoms with Crippen LogP contribution in [0.25, 0.3) is 0 Å². The van der Waals surface area contributed by atoms with Crippen molar-refractivity contribution < 1.29 is 18.3 Å². The number of hydrogen-bond donors (Lipinski definition) is 1. The Hall–Kier alpha value is -2.48. The summed E-state index contributed by atoms with van der Waals surface area (Å²) in [5.41, 5.74) is 0.542. The highest BCUT2D eigenvalue weighted by Crippen LogP contribution is 2.29. The Labute approximate surface area is 173 Å². The average Bonchev–Trinajstić information content (AvgIpc) is 2.72. The van der Waals surface area contributed by atoms with Gasteiger partial charge >= 0.3 is 6.61 Å². The molecule has 1 fully saturated rings. The number of anilines is 1. The van der Waals surface area contributed by atoms with Crippen LogP contribution in [0.2, 0.25) is 5.15 Å². The summed E-state index contributed by atoms with van der Waals surface area (Å²) in [6, 6.07) is 9.58. The summed E-state index contributed by atoms with van der Waals surface area (Å²) in [6.45, 7) is 0.258. The van der Waals surface area contributed by atoms with Crippen LogP contribution in [0.15, 0.2) is 36.4 Å². The third-order valence-electron chi connectivity index (χ3n) is 4.97. The molecule has 2 aromatic rings. The third kappa shape index (κ3) is 5.53. The molecule has 1 aliphatic rings. The van der Waals surface area contributed by atoms with E-state index in [-0.39, 0.29) is 17.6 Å². The summed E-state index contributed by atoms with van der Waals surface area (Å²) in [5, 5.41) is 11.3. The molecular weight excluding hydrogens is 402 g/mol. The highest BCUT2D eigenvalue weighted by molar-refractivity contribution is 6.29. The summed E-state index contributed by atoms with van der Waals surface area (Å²) in [7, 11) is 0. The lowest BCUT2D eigenvalue weighted by atomic mass is 9.95. The van der Waals surface area contributed by atoms with E-state index in [0.29, 0.717) is 29.5 Å². The van der Waals surface area contributed by atoms with Crippen molar-refractivity contribution in [3.8, 4) is 5.75 Å². The lowest BCUT2D eigenvalue weighted by Gasteiger charge is -2.33. The number of alkyl halides is 2. The molecule has 0 spiro atoms. The predicted molar refractivity (Wildman–Crippen MR) is 106 cm³/mol. The Morgan fingerprint density at radius 3 is 2.79 bits per heavy atom. The molecule has 29 heavy (non-hydrogen) atoms. The highest BCUT2D eigenvalue weighted by Gasteiger charge is 2.29. The van der Waals surface area contributed by atoms with Crippen LogP contribution in [0.3, 0.4) is 0 Å². The maximum atomic E-state index is 12.9. The number of rotatable bonds is 7. The van der Waals surface area contributed by atoms with E-state index in [1.807, 2.05) is 11.8 Å². The Morgan fingerprint density at radius 2 is 2.10 bits per heavy atom. The first-order chi connectivity index (χ1) is 14.0. The number of carbonyl (C=O) groups is 1. The van der Waals surface area contributed by atoms with E-state index in [1.165, 1.54) is 6.07 Å². The SMILES string of the molecule is CC[C@H](NC(=O)[C@@H]1CCCN(c2ccc(Cl)nn2)C1)c1ccccc1OC(F)F. The van der Waals surface area contributed by atoms with Crippen LogP contribution in [0.4, 0.5) is 14.6 Å². The zero-order chi connectivity index (χ0) is 20.8. The molecule has 0 radical (unpaired) electrons. The number of halogens is 3. The quantitative estimate of drug-likeness (QED) is 0.721. The second-order valence-electron chi connectivity index (χ2n) is 6.89. The maximum Gasteiger partial charge on any atom is 0.387 e. The zero-order valence-electron chi connectivity index (χ0n) is 16.0. The fourth-order valence-corrected chi connectivity index (χ4v) is 3.64. The molecule has 2 atom stereocenters. The van der Waals surface area contributed by atoms with Gasteiger partial charge in [0, 0.05) is 18.7 Å². The molecule has 0 unspecified atom stereocenters. The Morgan fingerprint density at radius 1 is 1.31 bits per heavy atom. The topological polar surface area (TPSA) is 67.4 Å². The molecule has 0 bridgehead atoms. The van der Waals surface area contributed by atoms with E-state index in [0.717, 1.165) is 19.4 Å². The Balaban J connectivity index is 1.69. The smallest absolute Gasteiger partial charge is 0.387 e. The molecule has 1 aliphatic heterocycles. The maximum absolute atomic E-state index is 12.9. The van der Waals surface area contributed by atoms with Gasteiger partial charge in [0.1, 0.15) is 5.75 Å². The lowest BCUT2D eigenvalue weighted by molar-refractivity contribution is -0.126. The summed E-state index contributed by atoms with van der Waals surface area (Å²) >= 11 is 5.79. The van der Waals surface area contributed by atoms with Crippen LogP contribution in [0.5, 0.6) is 5.75 Å². The number of piperidine rings is 1. The van der Waals surface area contributed by atoms with E-state index in [1.54, 1.807) is 30.3 Å². The first kappa shape index (κ1) is 21.2. The minimum atomic E-state index is -2.92. The molecular formula is C20H23ClF2N4O2. The van der Waals surface area contributed by atoms with Crippen molar-refractivity contribution in [2.45, 2.75) is 38.8 Å². The normalized spacial score (nSPS) is 17.8. The fourth-order valence-electron chi connectivity index (χ4n) is 3.54. The van der Waals surface area contributed by atoms with Crippen LogP contribution in [-0.4, -0.2) is 35.8 Å². The Kier molecular flexibility index (Phi) is 7.19. The van der Waals surface area contributed by atoms with Crippen molar-refractivity contribution in [1.82, 2.24) is 15.5 Å². The summed E-state index contributed by atoms with van der Waals surface area (Å²) in [5.74, 6) is 0.403. The van der Waals surface area contributed by atoms with Crippen LogP contribution in [0, 0.1) is 5.92 Å². The molecule has 1 N–H and O–H groups in total. The van der Waals surface area contributed by atoms with Gasteiger partial charge in [0.25, 0.3) is 0 Å². The molecule has 6 nitrogen and oxygen atoms in total. The van der Waals surface area contributed by atoms with Crippen molar-refractivity contribution >= 4 is 23.3 Å².